The third kappa shape index (κ3) is 2.20. The molecule has 2 N–H and O–H groups in total. The molecule has 0 bridgehead atoms. The standard InChI is InChI=1S/C9H13N5/c1-14-6-8(3-13-14)2-10-4-9-5-11-7-12-9/h3,5-7,10H,2,4H2,1H3,(H,11,12). The molecule has 0 amide bonds. The van der Waals surface area contributed by atoms with Gasteiger partial charge in [-0.1, -0.05) is 0 Å². The molecule has 14 heavy (non-hydrogen) atoms. The predicted octanol–water partition coefficient (Wildman–Crippen LogP) is 0.433. The van der Waals surface area contributed by atoms with E-state index in [1.54, 1.807) is 11.0 Å². The lowest BCUT2D eigenvalue weighted by Crippen LogP contribution is -2.12. The monoisotopic (exact) mass is 191 g/mol. The topological polar surface area (TPSA) is 58.5 Å². The maximum Gasteiger partial charge on any atom is 0.0922 e. The fourth-order valence-electron chi connectivity index (χ4n) is 1.29. The number of aromatic amines is 1. The second-order valence-corrected chi connectivity index (χ2v) is 3.20. The van der Waals surface area contributed by atoms with Crippen molar-refractivity contribution in [2.45, 2.75) is 13.1 Å². The lowest BCUT2D eigenvalue weighted by atomic mass is 10.3. The van der Waals surface area contributed by atoms with Crippen molar-refractivity contribution in [3.05, 3.63) is 36.2 Å². The quantitative estimate of drug-likeness (QED) is 0.737. The fraction of sp³-hybridized carbons (Fsp3) is 0.333. The molecule has 2 aromatic rings. The van der Waals surface area contributed by atoms with Crippen LogP contribution in [0.2, 0.25) is 0 Å². The van der Waals surface area contributed by atoms with E-state index in [1.807, 2.05) is 25.6 Å². The van der Waals surface area contributed by atoms with Gasteiger partial charge in [0.05, 0.1) is 12.5 Å². The molecule has 5 nitrogen and oxygen atoms in total. The van der Waals surface area contributed by atoms with E-state index in [-0.39, 0.29) is 0 Å². The van der Waals surface area contributed by atoms with Crippen molar-refractivity contribution in [1.29, 1.82) is 0 Å². The number of nitrogens with one attached hydrogen (secondary N) is 2. The van der Waals surface area contributed by atoms with Crippen LogP contribution in [0.1, 0.15) is 11.3 Å². The minimum absolute atomic E-state index is 0.800. The van der Waals surface area contributed by atoms with Crippen LogP contribution in [-0.4, -0.2) is 19.7 Å². The van der Waals surface area contributed by atoms with Gasteiger partial charge in [0, 0.05) is 43.8 Å². The Morgan fingerprint density at radius 2 is 2.36 bits per heavy atom. The summed E-state index contributed by atoms with van der Waals surface area (Å²) in [5, 5.41) is 7.38. The normalized spacial score (nSPS) is 10.6. The van der Waals surface area contributed by atoms with Gasteiger partial charge in [0.2, 0.25) is 0 Å². The summed E-state index contributed by atoms with van der Waals surface area (Å²) < 4.78 is 1.80. The summed E-state index contributed by atoms with van der Waals surface area (Å²) in [5.41, 5.74) is 2.28. The number of H-pyrrole nitrogens is 1. The van der Waals surface area contributed by atoms with Gasteiger partial charge in [-0.05, 0) is 0 Å². The first-order valence-corrected chi connectivity index (χ1v) is 4.50. The Balaban J connectivity index is 1.78. The summed E-state index contributed by atoms with van der Waals surface area (Å²) in [7, 11) is 1.92. The zero-order chi connectivity index (χ0) is 9.80. The second kappa shape index (κ2) is 4.06. The predicted molar refractivity (Wildman–Crippen MR) is 52.3 cm³/mol. The summed E-state index contributed by atoms with van der Waals surface area (Å²) >= 11 is 0. The molecule has 0 aliphatic carbocycles. The SMILES string of the molecule is Cn1cc(CNCc2cnc[nH]2)cn1. The van der Waals surface area contributed by atoms with Gasteiger partial charge in [-0.25, -0.2) is 4.98 Å². The van der Waals surface area contributed by atoms with Crippen LogP contribution < -0.4 is 5.32 Å². The summed E-state index contributed by atoms with van der Waals surface area (Å²) in [4.78, 5) is 6.97. The molecule has 0 aromatic carbocycles. The molecule has 2 aromatic heterocycles. The molecule has 5 heteroatoms. The Bertz CT molecular complexity index is 376. The molecule has 0 atom stereocenters. The van der Waals surface area contributed by atoms with Crippen LogP contribution in [0.25, 0.3) is 0 Å². The Kier molecular flexibility index (Phi) is 2.60. The number of rotatable bonds is 4. The van der Waals surface area contributed by atoms with Crippen molar-refractivity contribution in [2.75, 3.05) is 0 Å². The van der Waals surface area contributed by atoms with Crippen molar-refractivity contribution in [3.63, 3.8) is 0 Å². The lowest BCUT2D eigenvalue weighted by Gasteiger charge is -1.99. The number of aryl methyl sites for hydroxylation is 1. The molecule has 2 heterocycles. The molecule has 0 aliphatic heterocycles. The van der Waals surface area contributed by atoms with Crippen LogP contribution in [0.4, 0.5) is 0 Å². The maximum atomic E-state index is 4.09. The number of imidazole rings is 1. The first-order valence-electron chi connectivity index (χ1n) is 4.50. The largest absolute Gasteiger partial charge is 0.347 e. The first-order chi connectivity index (χ1) is 6.84. The molecule has 0 unspecified atom stereocenters. The molecule has 0 radical (unpaired) electrons. The summed E-state index contributed by atoms with van der Waals surface area (Å²) in [6, 6.07) is 0. The molecular weight excluding hydrogens is 178 g/mol. The summed E-state index contributed by atoms with van der Waals surface area (Å²) in [6.07, 6.45) is 7.36. The Labute approximate surface area is 82.2 Å². The average molecular weight is 191 g/mol. The zero-order valence-corrected chi connectivity index (χ0v) is 8.07. The van der Waals surface area contributed by atoms with E-state index < -0.39 is 0 Å². The van der Waals surface area contributed by atoms with Crippen LogP contribution in [0.15, 0.2) is 24.9 Å². The van der Waals surface area contributed by atoms with Gasteiger partial charge < -0.3 is 10.3 Å². The van der Waals surface area contributed by atoms with Gasteiger partial charge in [0.25, 0.3) is 0 Å². The van der Waals surface area contributed by atoms with Crippen LogP contribution in [0.3, 0.4) is 0 Å². The fourth-order valence-corrected chi connectivity index (χ4v) is 1.29. The van der Waals surface area contributed by atoms with E-state index in [4.69, 9.17) is 0 Å². The number of hydrogen-bond donors (Lipinski definition) is 2. The van der Waals surface area contributed by atoms with Crippen molar-refractivity contribution < 1.29 is 0 Å². The highest BCUT2D eigenvalue weighted by Gasteiger charge is 1.96. The van der Waals surface area contributed by atoms with Gasteiger partial charge in [0.1, 0.15) is 0 Å². The first kappa shape index (κ1) is 8.96. The van der Waals surface area contributed by atoms with Crippen molar-refractivity contribution in [3.8, 4) is 0 Å². The zero-order valence-electron chi connectivity index (χ0n) is 8.07. The Morgan fingerprint density at radius 1 is 1.43 bits per heavy atom. The lowest BCUT2D eigenvalue weighted by molar-refractivity contribution is 0.681. The number of nitrogens with zero attached hydrogens (tertiary/aromatic N) is 3. The minimum atomic E-state index is 0.800. The summed E-state index contributed by atoms with van der Waals surface area (Å²) in [5.74, 6) is 0. The highest BCUT2D eigenvalue weighted by molar-refractivity contribution is 5.03. The molecule has 0 aliphatic rings. The molecule has 2 rings (SSSR count). The van der Waals surface area contributed by atoms with E-state index in [1.165, 1.54) is 5.56 Å². The van der Waals surface area contributed by atoms with Gasteiger partial charge >= 0.3 is 0 Å². The van der Waals surface area contributed by atoms with E-state index in [0.717, 1.165) is 18.8 Å². The van der Waals surface area contributed by atoms with E-state index in [0.29, 0.717) is 0 Å². The van der Waals surface area contributed by atoms with Gasteiger partial charge in [-0.3, -0.25) is 4.68 Å². The van der Waals surface area contributed by atoms with Crippen LogP contribution >= 0.6 is 0 Å². The summed E-state index contributed by atoms with van der Waals surface area (Å²) in [6.45, 7) is 1.63. The van der Waals surface area contributed by atoms with Gasteiger partial charge in [0.15, 0.2) is 0 Å². The molecule has 0 saturated heterocycles. The van der Waals surface area contributed by atoms with Gasteiger partial charge in [-0.2, -0.15) is 5.10 Å². The van der Waals surface area contributed by atoms with Crippen LogP contribution in [0.5, 0.6) is 0 Å². The highest BCUT2D eigenvalue weighted by atomic mass is 15.2. The van der Waals surface area contributed by atoms with Crippen molar-refractivity contribution in [2.24, 2.45) is 7.05 Å². The molecular formula is C9H13N5. The Morgan fingerprint density at radius 3 is 3.00 bits per heavy atom. The van der Waals surface area contributed by atoms with Crippen LogP contribution in [0, 0.1) is 0 Å². The molecule has 0 fully saturated rings. The third-order valence-electron chi connectivity index (χ3n) is 1.96. The van der Waals surface area contributed by atoms with Crippen molar-refractivity contribution in [1.82, 2.24) is 25.1 Å². The van der Waals surface area contributed by atoms with E-state index >= 15 is 0 Å². The molecule has 0 spiro atoms. The third-order valence-corrected chi connectivity index (χ3v) is 1.96. The second-order valence-electron chi connectivity index (χ2n) is 3.20. The number of hydrogen-bond acceptors (Lipinski definition) is 3. The number of aromatic nitrogens is 4. The minimum Gasteiger partial charge on any atom is -0.347 e. The van der Waals surface area contributed by atoms with Gasteiger partial charge in [-0.15, -0.1) is 0 Å². The molecule has 0 saturated carbocycles. The highest BCUT2D eigenvalue weighted by Crippen LogP contribution is 1.96. The maximum absolute atomic E-state index is 4.09. The van der Waals surface area contributed by atoms with Crippen molar-refractivity contribution >= 4 is 0 Å². The molecule has 74 valence electrons. The van der Waals surface area contributed by atoms with Crippen LogP contribution in [-0.2, 0) is 20.1 Å². The smallest absolute Gasteiger partial charge is 0.0922 e. The Hall–Kier alpha value is -1.62. The average Bonchev–Trinajstić information content (AvgIpc) is 2.77. The van der Waals surface area contributed by atoms with E-state index in [2.05, 4.69) is 20.4 Å². The van der Waals surface area contributed by atoms with E-state index in [9.17, 15) is 0 Å².